The number of aromatic nitrogens is 3. The average Bonchev–Trinajstić information content (AvgIpc) is 2.98. The Hall–Kier alpha value is -1.75. The summed E-state index contributed by atoms with van der Waals surface area (Å²) in [5.41, 5.74) is 0.751. The van der Waals surface area contributed by atoms with Crippen molar-refractivity contribution in [2.75, 3.05) is 6.54 Å². The Morgan fingerprint density at radius 3 is 3.06 bits per heavy atom. The third kappa shape index (κ3) is 1.93. The van der Waals surface area contributed by atoms with Crippen molar-refractivity contribution >= 4 is 0 Å². The van der Waals surface area contributed by atoms with Crippen molar-refractivity contribution in [1.82, 2.24) is 20.4 Å². The number of hydrogen-bond acceptors (Lipinski definition) is 5. The van der Waals surface area contributed by atoms with Crippen LogP contribution >= 0.6 is 0 Å². The highest BCUT2D eigenvalue weighted by Gasteiger charge is 2.29. The standard InChI is InChI=1S/C12H14N4O/c1-8-9(5-7-13-8)12-15-11(16-17-12)10-4-2-3-6-14-10/h2-4,6,8-9,13H,5,7H2,1H3. The van der Waals surface area contributed by atoms with E-state index >= 15 is 0 Å². The summed E-state index contributed by atoms with van der Waals surface area (Å²) in [6.07, 6.45) is 2.77. The number of pyridine rings is 1. The molecular formula is C12H14N4O. The van der Waals surface area contributed by atoms with Gasteiger partial charge in [-0.3, -0.25) is 4.98 Å². The molecule has 0 aromatic carbocycles. The van der Waals surface area contributed by atoms with E-state index in [1.807, 2.05) is 18.2 Å². The Balaban J connectivity index is 1.88. The lowest BCUT2D eigenvalue weighted by molar-refractivity contribution is 0.345. The Labute approximate surface area is 99.3 Å². The van der Waals surface area contributed by atoms with E-state index in [4.69, 9.17) is 4.52 Å². The van der Waals surface area contributed by atoms with Gasteiger partial charge in [0.1, 0.15) is 5.69 Å². The molecule has 3 rings (SSSR count). The van der Waals surface area contributed by atoms with Crippen LogP contribution < -0.4 is 5.32 Å². The molecule has 2 atom stereocenters. The first-order valence-corrected chi connectivity index (χ1v) is 5.83. The number of rotatable bonds is 2. The Morgan fingerprint density at radius 2 is 2.35 bits per heavy atom. The average molecular weight is 230 g/mol. The van der Waals surface area contributed by atoms with E-state index in [0.29, 0.717) is 23.7 Å². The van der Waals surface area contributed by atoms with Crippen LogP contribution in [0, 0.1) is 0 Å². The first-order valence-electron chi connectivity index (χ1n) is 5.83. The molecular weight excluding hydrogens is 216 g/mol. The normalized spacial score (nSPS) is 24.1. The van der Waals surface area contributed by atoms with Gasteiger partial charge in [-0.25, -0.2) is 0 Å². The lowest BCUT2D eigenvalue weighted by Gasteiger charge is -2.08. The summed E-state index contributed by atoms with van der Waals surface area (Å²) in [5, 5.41) is 7.36. The van der Waals surface area contributed by atoms with E-state index < -0.39 is 0 Å². The molecule has 0 bridgehead atoms. The highest BCUT2D eigenvalue weighted by molar-refractivity contribution is 5.47. The van der Waals surface area contributed by atoms with Gasteiger partial charge in [-0.2, -0.15) is 4.98 Å². The van der Waals surface area contributed by atoms with Crippen LogP contribution in [0.25, 0.3) is 11.5 Å². The first-order chi connectivity index (χ1) is 8.34. The Morgan fingerprint density at radius 1 is 1.41 bits per heavy atom. The molecule has 1 aliphatic rings. The molecule has 0 aliphatic carbocycles. The highest BCUT2D eigenvalue weighted by atomic mass is 16.5. The minimum absolute atomic E-state index is 0.319. The van der Waals surface area contributed by atoms with Gasteiger partial charge in [-0.15, -0.1) is 0 Å². The fourth-order valence-electron chi connectivity index (χ4n) is 2.18. The molecule has 1 fully saturated rings. The molecule has 1 saturated heterocycles. The first kappa shape index (κ1) is 10.4. The molecule has 5 heteroatoms. The number of hydrogen-bond donors (Lipinski definition) is 1. The maximum atomic E-state index is 5.33. The van der Waals surface area contributed by atoms with E-state index in [1.165, 1.54) is 0 Å². The van der Waals surface area contributed by atoms with Crippen LogP contribution in [0.5, 0.6) is 0 Å². The molecule has 0 saturated carbocycles. The van der Waals surface area contributed by atoms with Gasteiger partial charge in [-0.05, 0) is 32.0 Å². The Kier molecular flexibility index (Phi) is 2.60. The van der Waals surface area contributed by atoms with Gasteiger partial charge < -0.3 is 9.84 Å². The van der Waals surface area contributed by atoms with E-state index in [9.17, 15) is 0 Å². The van der Waals surface area contributed by atoms with Gasteiger partial charge in [0.05, 0.1) is 5.92 Å². The molecule has 5 nitrogen and oxygen atoms in total. The zero-order valence-corrected chi connectivity index (χ0v) is 9.63. The fraction of sp³-hybridized carbons (Fsp3) is 0.417. The lowest BCUT2D eigenvalue weighted by Crippen LogP contribution is -2.21. The van der Waals surface area contributed by atoms with Crippen molar-refractivity contribution in [1.29, 1.82) is 0 Å². The third-order valence-electron chi connectivity index (χ3n) is 3.18. The van der Waals surface area contributed by atoms with Crippen molar-refractivity contribution in [3.63, 3.8) is 0 Å². The zero-order valence-electron chi connectivity index (χ0n) is 9.63. The second kappa shape index (κ2) is 4.25. The summed E-state index contributed by atoms with van der Waals surface area (Å²) in [7, 11) is 0. The summed E-state index contributed by atoms with van der Waals surface area (Å²) in [4.78, 5) is 8.64. The fourth-order valence-corrected chi connectivity index (χ4v) is 2.18. The Bertz CT molecular complexity index is 496. The van der Waals surface area contributed by atoms with Crippen LogP contribution in [0.3, 0.4) is 0 Å². The quantitative estimate of drug-likeness (QED) is 0.848. The maximum Gasteiger partial charge on any atom is 0.231 e. The summed E-state index contributed by atoms with van der Waals surface area (Å²) in [6, 6.07) is 6.06. The summed E-state index contributed by atoms with van der Waals surface area (Å²) in [6.45, 7) is 3.15. The predicted molar refractivity (Wildman–Crippen MR) is 62.4 cm³/mol. The molecule has 0 amide bonds. The third-order valence-corrected chi connectivity index (χ3v) is 3.18. The summed E-state index contributed by atoms with van der Waals surface area (Å²) < 4.78 is 5.33. The molecule has 0 spiro atoms. The van der Waals surface area contributed by atoms with Gasteiger partial charge in [-0.1, -0.05) is 11.2 Å². The van der Waals surface area contributed by atoms with E-state index in [2.05, 4.69) is 27.4 Å². The molecule has 88 valence electrons. The van der Waals surface area contributed by atoms with Crippen molar-refractivity contribution < 1.29 is 4.52 Å². The van der Waals surface area contributed by atoms with E-state index in [-0.39, 0.29) is 0 Å². The second-order valence-electron chi connectivity index (χ2n) is 4.31. The molecule has 3 heterocycles. The predicted octanol–water partition coefficient (Wildman–Crippen LogP) is 1.60. The molecule has 17 heavy (non-hydrogen) atoms. The van der Waals surface area contributed by atoms with E-state index in [0.717, 1.165) is 18.7 Å². The molecule has 1 aliphatic heterocycles. The molecule has 2 aromatic rings. The number of nitrogens with zero attached hydrogens (tertiary/aromatic N) is 3. The minimum atomic E-state index is 0.319. The maximum absolute atomic E-state index is 5.33. The summed E-state index contributed by atoms with van der Waals surface area (Å²) >= 11 is 0. The van der Waals surface area contributed by atoms with Gasteiger partial charge in [0.2, 0.25) is 11.7 Å². The van der Waals surface area contributed by atoms with Crippen molar-refractivity contribution in [2.45, 2.75) is 25.3 Å². The SMILES string of the molecule is CC1NCCC1c1nc(-c2ccccn2)no1. The largest absolute Gasteiger partial charge is 0.339 e. The van der Waals surface area contributed by atoms with Crippen LogP contribution in [0.15, 0.2) is 28.9 Å². The van der Waals surface area contributed by atoms with Crippen LogP contribution in [-0.2, 0) is 0 Å². The highest BCUT2D eigenvalue weighted by Crippen LogP contribution is 2.27. The second-order valence-corrected chi connectivity index (χ2v) is 4.31. The summed E-state index contributed by atoms with van der Waals surface area (Å²) in [5.74, 6) is 1.60. The molecule has 0 radical (unpaired) electrons. The van der Waals surface area contributed by atoms with Crippen LogP contribution in [-0.4, -0.2) is 27.7 Å². The van der Waals surface area contributed by atoms with Gasteiger partial charge in [0, 0.05) is 12.2 Å². The minimum Gasteiger partial charge on any atom is -0.339 e. The van der Waals surface area contributed by atoms with Gasteiger partial charge in [0.15, 0.2) is 0 Å². The smallest absolute Gasteiger partial charge is 0.231 e. The van der Waals surface area contributed by atoms with Gasteiger partial charge >= 0.3 is 0 Å². The molecule has 2 unspecified atom stereocenters. The van der Waals surface area contributed by atoms with Crippen LogP contribution in [0.4, 0.5) is 0 Å². The van der Waals surface area contributed by atoms with Crippen LogP contribution in [0.2, 0.25) is 0 Å². The van der Waals surface area contributed by atoms with Crippen molar-refractivity contribution in [2.24, 2.45) is 0 Å². The van der Waals surface area contributed by atoms with Crippen molar-refractivity contribution in [3.05, 3.63) is 30.3 Å². The van der Waals surface area contributed by atoms with Crippen molar-refractivity contribution in [3.8, 4) is 11.5 Å². The monoisotopic (exact) mass is 230 g/mol. The molecule has 2 aromatic heterocycles. The van der Waals surface area contributed by atoms with E-state index in [1.54, 1.807) is 6.20 Å². The number of nitrogens with one attached hydrogen (secondary N) is 1. The topological polar surface area (TPSA) is 63.8 Å². The van der Waals surface area contributed by atoms with Crippen LogP contribution in [0.1, 0.15) is 25.2 Å². The molecule has 1 N–H and O–H groups in total. The zero-order chi connectivity index (χ0) is 11.7. The van der Waals surface area contributed by atoms with Gasteiger partial charge in [0.25, 0.3) is 0 Å². The lowest BCUT2D eigenvalue weighted by atomic mass is 10.0.